The quantitative estimate of drug-likeness (QED) is 0.505. The molecule has 0 bridgehead atoms. The van der Waals surface area contributed by atoms with Gasteiger partial charge in [0.15, 0.2) is 0 Å². The Morgan fingerprint density at radius 2 is 1.74 bits per heavy atom. The highest BCUT2D eigenvalue weighted by molar-refractivity contribution is 5.21. The van der Waals surface area contributed by atoms with E-state index in [2.05, 4.69) is 59.2 Å². The van der Waals surface area contributed by atoms with Crippen molar-refractivity contribution in [2.45, 2.75) is 85.6 Å². The molecule has 0 heterocycles. The van der Waals surface area contributed by atoms with Crippen molar-refractivity contribution in [2.24, 2.45) is 41.4 Å². The molecule has 0 spiro atoms. The van der Waals surface area contributed by atoms with Gasteiger partial charge in [-0.3, -0.25) is 0 Å². The van der Waals surface area contributed by atoms with Crippen molar-refractivity contribution in [1.82, 2.24) is 5.32 Å². The molecule has 8 atom stereocenters. The minimum absolute atomic E-state index is 0.383. The smallest absolute Gasteiger partial charge is 0.0943 e. The summed E-state index contributed by atoms with van der Waals surface area (Å²) in [6.07, 6.45) is 8.59. The van der Waals surface area contributed by atoms with Gasteiger partial charge in [0.1, 0.15) is 0 Å². The molecule has 2 aliphatic rings. The van der Waals surface area contributed by atoms with Crippen molar-refractivity contribution in [3.63, 3.8) is 0 Å². The van der Waals surface area contributed by atoms with Crippen LogP contribution in [0.25, 0.3) is 0 Å². The van der Waals surface area contributed by atoms with Crippen LogP contribution in [0.15, 0.2) is 24.4 Å². The Bertz CT molecular complexity index is 557. The molecule has 0 amide bonds. The first-order chi connectivity index (χ1) is 12.8. The Morgan fingerprint density at radius 1 is 1.04 bits per heavy atom. The Hall–Kier alpha value is -1.23. The van der Waals surface area contributed by atoms with Crippen LogP contribution >= 0.6 is 0 Å². The maximum absolute atomic E-state index is 9.39. The average molecular weight is 371 g/mol. The van der Waals surface area contributed by atoms with Gasteiger partial charge in [-0.2, -0.15) is 5.26 Å². The summed E-state index contributed by atoms with van der Waals surface area (Å²) in [5.41, 5.74) is 1.99. The second-order valence-electron chi connectivity index (χ2n) is 9.64. The van der Waals surface area contributed by atoms with E-state index in [1.807, 2.05) is 0 Å². The summed E-state index contributed by atoms with van der Waals surface area (Å²) in [7, 11) is 0. The largest absolute Gasteiger partial charge is 0.386 e. The van der Waals surface area contributed by atoms with Gasteiger partial charge in [-0.25, -0.2) is 0 Å². The molecule has 0 aromatic heterocycles. The van der Waals surface area contributed by atoms with Crippen molar-refractivity contribution in [1.29, 1.82) is 5.26 Å². The van der Waals surface area contributed by atoms with Crippen LogP contribution in [0.4, 0.5) is 0 Å². The summed E-state index contributed by atoms with van der Waals surface area (Å²) in [6, 6.07) is 2.92. The molecule has 0 aromatic carbocycles. The SMILES string of the molecule is C=C(CC)NC1CCC(CC)C(C)C1CC1CC(C(=C)C#N)C(C)CC1C. The maximum atomic E-state index is 9.39. The van der Waals surface area contributed by atoms with Gasteiger partial charge in [0.25, 0.3) is 0 Å². The van der Waals surface area contributed by atoms with Crippen LogP contribution in [-0.2, 0) is 0 Å². The molecule has 0 aliphatic heterocycles. The summed E-state index contributed by atoms with van der Waals surface area (Å²) in [5.74, 6) is 4.74. The van der Waals surface area contributed by atoms with Gasteiger partial charge < -0.3 is 5.32 Å². The highest BCUT2D eigenvalue weighted by atomic mass is 14.9. The second kappa shape index (κ2) is 9.81. The molecule has 2 heteroatoms. The lowest BCUT2D eigenvalue weighted by Crippen LogP contribution is -2.46. The molecule has 2 nitrogen and oxygen atoms in total. The second-order valence-corrected chi connectivity index (χ2v) is 9.64. The molecule has 2 fully saturated rings. The first-order valence-corrected chi connectivity index (χ1v) is 11.3. The predicted octanol–water partition coefficient (Wildman–Crippen LogP) is 6.71. The number of allylic oxidation sites excluding steroid dienone is 2. The molecule has 8 unspecified atom stereocenters. The Kier molecular flexibility index (Phi) is 8.02. The highest BCUT2D eigenvalue weighted by Crippen LogP contribution is 2.47. The standard InChI is InChI=1S/C25H42N2/c1-8-19(6)27-25-11-10-21(9-2)20(7)24(25)14-22-13-23(18(5)15-26)17(4)12-16(22)3/h16-17,20-25,27H,5-6,8-14H2,1-4,7H3. The van der Waals surface area contributed by atoms with Gasteiger partial charge in [-0.05, 0) is 80.0 Å². The zero-order valence-corrected chi connectivity index (χ0v) is 18.4. The molecule has 0 aromatic rings. The number of rotatable bonds is 7. The monoisotopic (exact) mass is 370 g/mol. The number of nitrogens with zero attached hydrogens (tertiary/aromatic N) is 1. The van der Waals surface area contributed by atoms with E-state index in [1.54, 1.807) is 0 Å². The van der Waals surface area contributed by atoms with E-state index in [4.69, 9.17) is 0 Å². The lowest BCUT2D eigenvalue weighted by Gasteiger charge is -2.46. The summed E-state index contributed by atoms with van der Waals surface area (Å²) < 4.78 is 0. The number of hydrogen-bond donors (Lipinski definition) is 1. The molecule has 27 heavy (non-hydrogen) atoms. The van der Waals surface area contributed by atoms with Gasteiger partial charge in [-0.1, -0.05) is 54.2 Å². The fourth-order valence-electron chi connectivity index (χ4n) is 6.07. The fraction of sp³-hybridized carbons (Fsp3) is 0.800. The predicted molar refractivity (Wildman–Crippen MR) is 116 cm³/mol. The normalized spacial score (nSPS) is 39.4. The third-order valence-electron chi connectivity index (χ3n) is 8.08. The van der Waals surface area contributed by atoms with Gasteiger partial charge in [0.05, 0.1) is 6.07 Å². The molecule has 2 saturated carbocycles. The van der Waals surface area contributed by atoms with Crippen molar-refractivity contribution in [2.75, 3.05) is 0 Å². The van der Waals surface area contributed by atoms with Gasteiger partial charge in [-0.15, -0.1) is 0 Å². The Balaban J connectivity index is 2.16. The van der Waals surface area contributed by atoms with Crippen LogP contribution in [-0.4, -0.2) is 6.04 Å². The summed E-state index contributed by atoms with van der Waals surface area (Å²) in [4.78, 5) is 0. The minimum atomic E-state index is 0.383. The Labute approximate surface area is 168 Å². The van der Waals surface area contributed by atoms with Crippen molar-refractivity contribution in [3.05, 3.63) is 24.4 Å². The first kappa shape index (κ1) is 22.1. The third kappa shape index (κ3) is 5.18. The van der Waals surface area contributed by atoms with Gasteiger partial charge in [0.2, 0.25) is 0 Å². The highest BCUT2D eigenvalue weighted by Gasteiger charge is 2.41. The molecule has 1 N–H and O–H groups in total. The van der Waals surface area contributed by atoms with E-state index in [-0.39, 0.29) is 0 Å². The molecule has 2 aliphatic carbocycles. The number of nitriles is 1. The van der Waals surface area contributed by atoms with E-state index in [0.29, 0.717) is 29.7 Å². The lowest BCUT2D eigenvalue weighted by atomic mass is 9.61. The summed E-state index contributed by atoms with van der Waals surface area (Å²) in [5, 5.41) is 13.2. The van der Waals surface area contributed by atoms with Crippen molar-refractivity contribution < 1.29 is 0 Å². The van der Waals surface area contributed by atoms with E-state index >= 15 is 0 Å². The number of hydrogen-bond acceptors (Lipinski definition) is 2. The molecule has 0 saturated heterocycles. The average Bonchev–Trinajstić information content (AvgIpc) is 2.65. The molecule has 2 rings (SSSR count). The topological polar surface area (TPSA) is 35.8 Å². The van der Waals surface area contributed by atoms with Crippen LogP contribution in [0, 0.1) is 52.8 Å². The van der Waals surface area contributed by atoms with E-state index in [1.165, 1.54) is 37.8 Å². The van der Waals surface area contributed by atoms with Gasteiger partial charge in [0, 0.05) is 17.3 Å². The van der Waals surface area contributed by atoms with Crippen LogP contribution in [0.5, 0.6) is 0 Å². The zero-order chi connectivity index (χ0) is 20.1. The van der Waals surface area contributed by atoms with Crippen LogP contribution in [0.2, 0.25) is 0 Å². The molecular formula is C25H42N2. The number of nitrogens with one attached hydrogen (secondary N) is 1. The molecule has 152 valence electrons. The zero-order valence-electron chi connectivity index (χ0n) is 18.4. The summed E-state index contributed by atoms with van der Waals surface area (Å²) in [6.45, 7) is 20.1. The van der Waals surface area contributed by atoms with Gasteiger partial charge >= 0.3 is 0 Å². The van der Waals surface area contributed by atoms with Crippen LogP contribution in [0.3, 0.4) is 0 Å². The lowest BCUT2D eigenvalue weighted by molar-refractivity contribution is 0.0647. The minimum Gasteiger partial charge on any atom is -0.386 e. The van der Waals surface area contributed by atoms with E-state index < -0.39 is 0 Å². The molecule has 0 radical (unpaired) electrons. The van der Waals surface area contributed by atoms with Crippen molar-refractivity contribution in [3.8, 4) is 6.07 Å². The fourth-order valence-corrected chi connectivity index (χ4v) is 6.07. The summed E-state index contributed by atoms with van der Waals surface area (Å²) >= 11 is 0. The van der Waals surface area contributed by atoms with Crippen molar-refractivity contribution >= 4 is 0 Å². The first-order valence-electron chi connectivity index (χ1n) is 11.3. The van der Waals surface area contributed by atoms with E-state index in [0.717, 1.165) is 36.2 Å². The van der Waals surface area contributed by atoms with Crippen LogP contribution in [0.1, 0.15) is 79.6 Å². The third-order valence-corrected chi connectivity index (χ3v) is 8.08. The van der Waals surface area contributed by atoms with Crippen LogP contribution < -0.4 is 5.32 Å². The molecular weight excluding hydrogens is 328 g/mol. The maximum Gasteiger partial charge on any atom is 0.0943 e. The van der Waals surface area contributed by atoms with E-state index in [9.17, 15) is 5.26 Å². The Morgan fingerprint density at radius 3 is 2.33 bits per heavy atom.